The molecule has 0 fully saturated rings. The van der Waals surface area contributed by atoms with Crippen LogP contribution in [0.2, 0.25) is 0 Å². The number of nitrogens with zero attached hydrogens (tertiary/aromatic N) is 3. The molecule has 0 amide bonds. The van der Waals surface area contributed by atoms with E-state index in [1.807, 2.05) is 6.07 Å². The number of hydrogen-bond acceptors (Lipinski definition) is 4. The minimum Gasteiger partial charge on any atom is -0.390 e. The van der Waals surface area contributed by atoms with Gasteiger partial charge in [0.1, 0.15) is 11.8 Å². The summed E-state index contributed by atoms with van der Waals surface area (Å²) in [6.07, 6.45) is 0. The number of aliphatic hydroxyl groups excluding tert-OH is 1. The molecule has 0 unspecified atom stereocenters. The van der Waals surface area contributed by atoms with Crippen molar-refractivity contribution < 1.29 is 5.11 Å². The molecule has 12 heavy (non-hydrogen) atoms. The molecule has 4 nitrogen and oxygen atoms in total. The Morgan fingerprint density at radius 3 is 2.58 bits per heavy atom. The Morgan fingerprint density at radius 1 is 1.33 bits per heavy atom. The Balaban J connectivity index is 3.24. The topological polar surface area (TPSA) is 80.7 Å². The van der Waals surface area contributed by atoms with Crippen LogP contribution in [0, 0.1) is 22.7 Å². The first-order chi connectivity index (χ1) is 5.80. The molecule has 0 aliphatic rings. The van der Waals surface area contributed by atoms with Gasteiger partial charge in [-0.05, 0) is 12.1 Å². The van der Waals surface area contributed by atoms with E-state index in [-0.39, 0.29) is 12.3 Å². The van der Waals surface area contributed by atoms with Gasteiger partial charge in [-0.1, -0.05) is 0 Å². The summed E-state index contributed by atoms with van der Waals surface area (Å²) >= 11 is 0. The smallest absolute Gasteiger partial charge is 0.142 e. The van der Waals surface area contributed by atoms with Crippen molar-refractivity contribution in [2.75, 3.05) is 0 Å². The molecule has 0 atom stereocenters. The van der Waals surface area contributed by atoms with Gasteiger partial charge in [0.05, 0.1) is 23.9 Å². The van der Waals surface area contributed by atoms with Crippen molar-refractivity contribution in [2.24, 2.45) is 0 Å². The summed E-state index contributed by atoms with van der Waals surface area (Å²) in [5.41, 5.74) is 0.828. The molecule has 4 heteroatoms. The van der Waals surface area contributed by atoms with E-state index in [4.69, 9.17) is 15.6 Å². The maximum absolute atomic E-state index is 8.70. The molecule has 0 spiro atoms. The van der Waals surface area contributed by atoms with Crippen molar-refractivity contribution in [1.29, 1.82) is 10.5 Å². The van der Waals surface area contributed by atoms with Crippen molar-refractivity contribution >= 4 is 0 Å². The fraction of sp³-hybridized carbons (Fsp3) is 0.125. The third-order valence-electron chi connectivity index (χ3n) is 1.28. The molecular weight excluding hydrogens is 154 g/mol. The van der Waals surface area contributed by atoms with Gasteiger partial charge in [-0.15, -0.1) is 0 Å². The lowest BCUT2D eigenvalue weighted by Gasteiger charge is -1.95. The van der Waals surface area contributed by atoms with Crippen LogP contribution >= 0.6 is 0 Å². The summed E-state index contributed by atoms with van der Waals surface area (Å²) in [6, 6.07) is 6.50. The largest absolute Gasteiger partial charge is 0.390 e. The highest BCUT2D eigenvalue weighted by Gasteiger charge is 1.99. The van der Waals surface area contributed by atoms with Crippen LogP contribution in [0.1, 0.15) is 17.0 Å². The molecule has 1 aromatic rings. The summed E-state index contributed by atoms with van der Waals surface area (Å²) in [6.45, 7) is -0.260. The van der Waals surface area contributed by atoms with E-state index in [0.29, 0.717) is 11.3 Å². The molecule has 0 aliphatic heterocycles. The average Bonchev–Trinajstić information content (AvgIpc) is 2.16. The molecule has 0 aromatic carbocycles. The highest BCUT2D eigenvalue weighted by molar-refractivity contribution is 5.36. The minimum atomic E-state index is -0.260. The molecule has 0 bridgehead atoms. The van der Waals surface area contributed by atoms with E-state index in [9.17, 15) is 0 Å². The molecule has 1 heterocycles. The van der Waals surface area contributed by atoms with Gasteiger partial charge in [0.25, 0.3) is 0 Å². The van der Waals surface area contributed by atoms with Crippen LogP contribution in [-0.2, 0) is 6.61 Å². The molecular formula is C8H5N3O. The Morgan fingerprint density at radius 2 is 2.08 bits per heavy atom. The zero-order valence-electron chi connectivity index (χ0n) is 6.15. The van der Waals surface area contributed by atoms with E-state index in [0.717, 1.165) is 0 Å². The normalized spacial score (nSPS) is 8.58. The van der Waals surface area contributed by atoms with Crippen molar-refractivity contribution in [1.82, 2.24) is 4.98 Å². The zero-order valence-corrected chi connectivity index (χ0v) is 6.15. The van der Waals surface area contributed by atoms with Crippen LogP contribution in [0.25, 0.3) is 0 Å². The van der Waals surface area contributed by atoms with Crippen LogP contribution in [0.15, 0.2) is 12.1 Å². The molecule has 1 rings (SSSR count). The number of nitriles is 2. The van der Waals surface area contributed by atoms with Crippen LogP contribution in [0.3, 0.4) is 0 Å². The highest BCUT2D eigenvalue weighted by atomic mass is 16.3. The van der Waals surface area contributed by atoms with Crippen LogP contribution in [-0.4, -0.2) is 10.1 Å². The number of rotatable bonds is 1. The summed E-state index contributed by atoms with van der Waals surface area (Å²) in [4.78, 5) is 3.76. The zero-order chi connectivity index (χ0) is 8.97. The van der Waals surface area contributed by atoms with E-state index >= 15 is 0 Å². The summed E-state index contributed by atoms with van der Waals surface area (Å²) < 4.78 is 0. The predicted molar refractivity (Wildman–Crippen MR) is 39.6 cm³/mol. The maximum Gasteiger partial charge on any atom is 0.142 e. The first-order valence-corrected chi connectivity index (χ1v) is 3.22. The SMILES string of the molecule is N#Cc1cc(C#N)nc(CO)c1. The van der Waals surface area contributed by atoms with E-state index in [1.165, 1.54) is 12.1 Å². The van der Waals surface area contributed by atoms with Crippen molar-refractivity contribution in [3.63, 3.8) is 0 Å². The van der Waals surface area contributed by atoms with Gasteiger partial charge in [0.2, 0.25) is 0 Å². The summed E-state index contributed by atoms with van der Waals surface area (Å²) in [5.74, 6) is 0. The van der Waals surface area contributed by atoms with Crippen LogP contribution < -0.4 is 0 Å². The number of aliphatic hydroxyl groups is 1. The quantitative estimate of drug-likeness (QED) is 0.639. The second-order valence-corrected chi connectivity index (χ2v) is 2.11. The van der Waals surface area contributed by atoms with Gasteiger partial charge in [-0.2, -0.15) is 10.5 Å². The second kappa shape index (κ2) is 3.47. The fourth-order valence-corrected chi connectivity index (χ4v) is 0.791. The third kappa shape index (κ3) is 1.57. The monoisotopic (exact) mass is 159 g/mol. The van der Waals surface area contributed by atoms with E-state index in [2.05, 4.69) is 4.98 Å². The van der Waals surface area contributed by atoms with E-state index in [1.54, 1.807) is 6.07 Å². The summed E-state index contributed by atoms with van der Waals surface area (Å²) in [7, 11) is 0. The molecule has 0 radical (unpaired) electrons. The van der Waals surface area contributed by atoms with E-state index < -0.39 is 0 Å². The van der Waals surface area contributed by atoms with Crippen molar-refractivity contribution in [3.8, 4) is 12.1 Å². The first-order valence-electron chi connectivity index (χ1n) is 3.22. The standard InChI is InChI=1S/C8H5N3O/c9-3-6-1-7(4-10)11-8(2-6)5-12/h1-2,12H,5H2. The fourth-order valence-electron chi connectivity index (χ4n) is 0.791. The lowest BCUT2D eigenvalue weighted by atomic mass is 10.2. The highest BCUT2D eigenvalue weighted by Crippen LogP contribution is 2.03. The molecule has 0 saturated heterocycles. The maximum atomic E-state index is 8.70. The van der Waals surface area contributed by atoms with Gasteiger partial charge >= 0.3 is 0 Å². The van der Waals surface area contributed by atoms with Crippen LogP contribution in [0.4, 0.5) is 0 Å². The van der Waals surface area contributed by atoms with Crippen molar-refractivity contribution in [2.45, 2.75) is 6.61 Å². The second-order valence-electron chi connectivity index (χ2n) is 2.11. The Bertz CT molecular complexity index is 341. The van der Waals surface area contributed by atoms with Gasteiger partial charge in [-0.25, -0.2) is 4.98 Å². The Kier molecular flexibility index (Phi) is 2.37. The Hall–Kier alpha value is -1.91. The minimum absolute atomic E-state index is 0.151. The van der Waals surface area contributed by atoms with Gasteiger partial charge < -0.3 is 5.11 Å². The molecule has 1 N–H and O–H groups in total. The molecule has 1 aromatic heterocycles. The van der Waals surface area contributed by atoms with Crippen molar-refractivity contribution in [3.05, 3.63) is 29.1 Å². The first kappa shape index (κ1) is 8.19. The Labute approximate surface area is 69.3 Å². The van der Waals surface area contributed by atoms with Gasteiger partial charge in [0, 0.05) is 0 Å². The molecule has 0 saturated carbocycles. The summed E-state index contributed by atoms with van der Waals surface area (Å²) in [5, 5.41) is 25.7. The van der Waals surface area contributed by atoms with Gasteiger partial charge in [-0.3, -0.25) is 0 Å². The molecule has 58 valence electrons. The lowest BCUT2D eigenvalue weighted by molar-refractivity contribution is 0.276. The third-order valence-corrected chi connectivity index (χ3v) is 1.28. The number of aromatic nitrogens is 1. The number of hydrogen-bond donors (Lipinski definition) is 1. The van der Waals surface area contributed by atoms with Crippen LogP contribution in [0.5, 0.6) is 0 Å². The predicted octanol–water partition coefficient (Wildman–Crippen LogP) is 0.317. The molecule has 0 aliphatic carbocycles. The number of pyridine rings is 1. The van der Waals surface area contributed by atoms with Gasteiger partial charge in [0.15, 0.2) is 0 Å². The lowest BCUT2D eigenvalue weighted by Crippen LogP contribution is -1.93. The average molecular weight is 159 g/mol.